The molecular weight excluding hydrogens is 190 g/mol. The molecule has 15 heavy (non-hydrogen) atoms. The minimum Gasteiger partial charge on any atom is -0.444 e. The molecule has 0 bridgehead atoms. The Kier molecular flexibility index (Phi) is 3.77. The molecule has 88 valence electrons. The van der Waals surface area contributed by atoms with E-state index in [-0.39, 0.29) is 17.1 Å². The SMILES string of the molecule is CCC(C)(C)C(=O)OC1(NC)CCCC1. The van der Waals surface area contributed by atoms with Crippen LogP contribution in [0.2, 0.25) is 0 Å². The minimum atomic E-state index is -0.385. The Balaban J connectivity index is 2.63. The zero-order valence-corrected chi connectivity index (χ0v) is 10.4. The van der Waals surface area contributed by atoms with Crippen molar-refractivity contribution in [3.8, 4) is 0 Å². The van der Waals surface area contributed by atoms with Crippen LogP contribution in [0.3, 0.4) is 0 Å². The van der Waals surface area contributed by atoms with Crippen LogP contribution in [-0.4, -0.2) is 18.7 Å². The van der Waals surface area contributed by atoms with Crippen LogP contribution in [0.25, 0.3) is 0 Å². The third kappa shape index (κ3) is 2.71. The predicted octanol–water partition coefficient (Wildman–Crippen LogP) is 2.46. The van der Waals surface area contributed by atoms with Crippen LogP contribution >= 0.6 is 0 Å². The van der Waals surface area contributed by atoms with Crippen LogP contribution in [-0.2, 0) is 9.53 Å². The maximum Gasteiger partial charge on any atom is 0.313 e. The second-order valence-corrected chi connectivity index (χ2v) is 5.08. The Morgan fingerprint density at radius 1 is 1.40 bits per heavy atom. The first-order valence-corrected chi connectivity index (χ1v) is 5.88. The summed E-state index contributed by atoms with van der Waals surface area (Å²) < 4.78 is 5.65. The molecule has 0 radical (unpaired) electrons. The van der Waals surface area contributed by atoms with Crippen molar-refractivity contribution in [3.63, 3.8) is 0 Å². The number of hydrogen-bond acceptors (Lipinski definition) is 3. The minimum absolute atomic E-state index is 0.0822. The Labute approximate surface area is 92.6 Å². The second-order valence-electron chi connectivity index (χ2n) is 5.08. The van der Waals surface area contributed by atoms with Gasteiger partial charge < -0.3 is 4.74 Å². The Hall–Kier alpha value is -0.570. The van der Waals surface area contributed by atoms with E-state index in [1.165, 1.54) is 0 Å². The summed E-state index contributed by atoms with van der Waals surface area (Å²) in [4.78, 5) is 12.0. The van der Waals surface area contributed by atoms with Crippen molar-refractivity contribution < 1.29 is 9.53 Å². The van der Waals surface area contributed by atoms with Gasteiger partial charge >= 0.3 is 5.97 Å². The molecule has 0 aromatic heterocycles. The van der Waals surface area contributed by atoms with Gasteiger partial charge in [-0.3, -0.25) is 10.1 Å². The number of hydrogen-bond donors (Lipinski definition) is 1. The van der Waals surface area contributed by atoms with Crippen molar-refractivity contribution in [2.24, 2.45) is 5.41 Å². The normalized spacial score (nSPS) is 20.3. The van der Waals surface area contributed by atoms with Crippen molar-refractivity contribution >= 4 is 5.97 Å². The summed E-state index contributed by atoms with van der Waals surface area (Å²) in [6, 6.07) is 0. The van der Waals surface area contributed by atoms with Crippen LogP contribution in [0.5, 0.6) is 0 Å². The monoisotopic (exact) mass is 213 g/mol. The molecule has 0 aromatic carbocycles. The van der Waals surface area contributed by atoms with Crippen LogP contribution in [0, 0.1) is 5.41 Å². The molecule has 0 heterocycles. The van der Waals surface area contributed by atoms with Gasteiger partial charge in [0.2, 0.25) is 0 Å². The lowest BCUT2D eigenvalue weighted by Gasteiger charge is -2.32. The summed E-state index contributed by atoms with van der Waals surface area (Å²) in [5, 5.41) is 3.16. The molecule has 0 aliphatic heterocycles. The van der Waals surface area contributed by atoms with Crippen molar-refractivity contribution in [2.75, 3.05) is 7.05 Å². The Morgan fingerprint density at radius 3 is 2.33 bits per heavy atom. The molecule has 0 unspecified atom stereocenters. The summed E-state index contributed by atoms with van der Waals surface area (Å²) in [5.74, 6) is -0.0822. The van der Waals surface area contributed by atoms with Gasteiger partial charge in [0.05, 0.1) is 5.41 Å². The van der Waals surface area contributed by atoms with Crippen molar-refractivity contribution in [1.82, 2.24) is 5.32 Å². The standard InChI is InChI=1S/C12H23NO2/c1-5-11(2,3)10(14)15-12(13-4)8-6-7-9-12/h13H,5-9H2,1-4H3. The summed E-state index contributed by atoms with van der Waals surface area (Å²) >= 11 is 0. The Morgan fingerprint density at radius 2 is 1.93 bits per heavy atom. The molecule has 1 N–H and O–H groups in total. The highest BCUT2D eigenvalue weighted by atomic mass is 16.6. The highest BCUT2D eigenvalue weighted by Crippen LogP contribution is 2.33. The average molecular weight is 213 g/mol. The highest BCUT2D eigenvalue weighted by Gasteiger charge is 2.39. The first kappa shape index (κ1) is 12.5. The predicted molar refractivity (Wildman–Crippen MR) is 60.4 cm³/mol. The lowest BCUT2D eigenvalue weighted by atomic mass is 9.90. The fourth-order valence-corrected chi connectivity index (χ4v) is 1.81. The third-order valence-corrected chi connectivity index (χ3v) is 3.59. The summed E-state index contributed by atoms with van der Waals surface area (Å²) in [5.41, 5.74) is -0.754. The lowest BCUT2D eigenvalue weighted by molar-refractivity contribution is -0.173. The van der Waals surface area contributed by atoms with Crippen LogP contribution in [0.15, 0.2) is 0 Å². The number of ether oxygens (including phenoxy) is 1. The van der Waals surface area contributed by atoms with Crippen molar-refractivity contribution in [1.29, 1.82) is 0 Å². The molecular formula is C12H23NO2. The van der Waals surface area contributed by atoms with Crippen LogP contribution < -0.4 is 5.32 Å². The quantitative estimate of drug-likeness (QED) is 0.576. The van der Waals surface area contributed by atoms with Gasteiger partial charge in [0, 0.05) is 12.8 Å². The van der Waals surface area contributed by atoms with E-state index in [4.69, 9.17) is 4.74 Å². The highest BCUT2D eigenvalue weighted by molar-refractivity contribution is 5.76. The fraction of sp³-hybridized carbons (Fsp3) is 0.917. The lowest BCUT2D eigenvalue weighted by Crippen LogP contribution is -2.47. The van der Waals surface area contributed by atoms with E-state index in [1.807, 2.05) is 27.8 Å². The van der Waals surface area contributed by atoms with Crippen molar-refractivity contribution in [3.05, 3.63) is 0 Å². The van der Waals surface area contributed by atoms with E-state index >= 15 is 0 Å². The summed E-state index contributed by atoms with van der Waals surface area (Å²) in [6.07, 6.45) is 4.97. The largest absolute Gasteiger partial charge is 0.444 e. The smallest absolute Gasteiger partial charge is 0.313 e. The molecule has 1 saturated carbocycles. The zero-order valence-electron chi connectivity index (χ0n) is 10.4. The molecule has 1 aliphatic carbocycles. The average Bonchev–Trinajstić information content (AvgIpc) is 2.67. The third-order valence-electron chi connectivity index (χ3n) is 3.59. The summed E-state index contributed by atoms with van der Waals surface area (Å²) in [7, 11) is 1.87. The maximum absolute atomic E-state index is 12.0. The molecule has 1 aliphatic rings. The van der Waals surface area contributed by atoms with E-state index in [9.17, 15) is 4.79 Å². The molecule has 3 nitrogen and oxygen atoms in total. The molecule has 3 heteroatoms. The molecule has 0 aromatic rings. The number of nitrogens with one attached hydrogen (secondary N) is 1. The van der Waals surface area contributed by atoms with Gasteiger partial charge in [0.15, 0.2) is 5.72 Å². The number of esters is 1. The van der Waals surface area contributed by atoms with Gasteiger partial charge in [-0.1, -0.05) is 6.92 Å². The molecule has 1 rings (SSSR count). The van der Waals surface area contributed by atoms with Crippen molar-refractivity contribution in [2.45, 2.75) is 58.6 Å². The molecule has 0 spiro atoms. The Bertz CT molecular complexity index is 230. The van der Waals surface area contributed by atoms with Crippen LogP contribution in [0.4, 0.5) is 0 Å². The zero-order chi connectivity index (χ0) is 11.5. The van der Waals surface area contributed by atoms with Gasteiger partial charge in [-0.2, -0.15) is 0 Å². The summed E-state index contributed by atoms with van der Waals surface area (Å²) in [6.45, 7) is 5.89. The molecule has 0 amide bonds. The maximum atomic E-state index is 12.0. The van der Waals surface area contributed by atoms with E-state index in [1.54, 1.807) is 0 Å². The van der Waals surface area contributed by atoms with Gasteiger partial charge in [-0.15, -0.1) is 0 Å². The van der Waals surface area contributed by atoms with Gasteiger partial charge in [-0.25, -0.2) is 0 Å². The number of carbonyl (C=O) groups excluding carboxylic acids is 1. The molecule has 1 fully saturated rings. The topological polar surface area (TPSA) is 38.3 Å². The number of carbonyl (C=O) groups is 1. The van der Waals surface area contributed by atoms with E-state index in [0.717, 1.165) is 32.1 Å². The van der Waals surface area contributed by atoms with E-state index in [0.29, 0.717) is 0 Å². The number of rotatable bonds is 4. The van der Waals surface area contributed by atoms with Gasteiger partial charge in [-0.05, 0) is 40.2 Å². The van der Waals surface area contributed by atoms with Gasteiger partial charge in [0.1, 0.15) is 0 Å². The van der Waals surface area contributed by atoms with E-state index < -0.39 is 0 Å². The van der Waals surface area contributed by atoms with Crippen LogP contribution in [0.1, 0.15) is 52.9 Å². The van der Waals surface area contributed by atoms with E-state index in [2.05, 4.69) is 5.32 Å². The first-order chi connectivity index (χ1) is 6.96. The fourth-order valence-electron chi connectivity index (χ4n) is 1.81. The molecule has 0 saturated heterocycles. The second kappa shape index (κ2) is 4.52. The first-order valence-electron chi connectivity index (χ1n) is 5.88. The van der Waals surface area contributed by atoms with Gasteiger partial charge in [0.25, 0.3) is 0 Å². The molecule has 0 atom stereocenters.